The molecular weight excluding hydrogens is 240 g/mol. The van der Waals surface area contributed by atoms with E-state index in [1.807, 2.05) is 19.0 Å². The molecule has 1 rings (SSSR count). The van der Waals surface area contributed by atoms with Crippen LogP contribution in [0.15, 0.2) is 29.2 Å². The van der Waals surface area contributed by atoms with Crippen molar-refractivity contribution in [3.8, 4) is 0 Å². The van der Waals surface area contributed by atoms with E-state index in [1.54, 1.807) is 12.1 Å². The summed E-state index contributed by atoms with van der Waals surface area (Å²) in [5.41, 5.74) is 0.584. The minimum Gasteiger partial charge on any atom is -0.392 e. The normalized spacial score (nSPS) is 12.0. The molecule has 0 saturated heterocycles. The molecule has 0 spiro atoms. The summed E-state index contributed by atoms with van der Waals surface area (Å²) in [6, 6.07) is 6.28. The molecule has 0 amide bonds. The van der Waals surface area contributed by atoms with Gasteiger partial charge in [-0.05, 0) is 31.8 Å². The van der Waals surface area contributed by atoms with Crippen molar-refractivity contribution in [2.24, 2.45) is 0 Å². The van der Waals surface area contributed by atoms with Gasteiger partial charge >= 0.3 is 0 Å². The van der Waals surface area contributed by atoms with Crippen LogP contribution < -0.4 is 4.72 Å². The molecule has 0 saturated carbocycles. The van der Waals surface area contributed by atoms with Crippen molar-refractivity contribution in [3.63, 3.8) is 0 Å². The Morgan fingerprint density at radius 3 is 2.65 bits per heavy atom. The molecule has 0 heterocycles. The maximum Gasteiger partial charge on any atom is 0.240 e. The third kappa shape index (κ3) is 4.43. The molecule has 0 atom stereocenters. The summed E-state index contributed by atoms with van der Waals surface area (Å²) >= 11 is 0. The number of sulfonamides is 1. The fourth-order valence-electron chi connectivity index (χ4n) is 1.30. The number of hydrogen-bond donors (Lipinski definition) is 2. The molecule has 1 aromatic rings. The van der Waals surface area contributed by atoms with E-state index < -0.39 is 10.0 Å². The standard InChI is InChI=1S/C11H18N2O3S/c1-13(2)7-6-12-17(15,16)11-5-3-4-10(8-11)9-14/h3-5,8,12,14H,6-7,9H2,1-2H3. The van der Waals surface area contributed by atoms with E-state index in [0.717, 1.165) is 0 Å². The van der Waals surface area contributed by atoms with Gasteiger partial charge in [-0.2, -0.15) is 0 Å². The van der Waals surface area contributed by atoms with E-state index >= 15 is 0 Å². The van der Waals surface area contributed by atoms with E-state index in [9.17, 15) is 8.42 Å². The van der Waals surface area contributed by atoms with Crippen LogP contribution in [-0.2, 0) is 16.6 Å². The van der Waals surface area contributed by atoms with E-state index in [-0.39, 0.29) is 11.5 Å². The predicted molar refractivity (Wildman–Crippen MR) is 66.1 cm³/mol. The lowest BCUT2D eigenvalue weighted by Crippen LogP contribution is -2.31. The van der Waals surface area contributed by atoms with Crippen LogP contribution in [0.1, 0.15) is 5.56 Å². The van der Waals surface area contributed by atoms with Crippen molar-refractivity contribution < 1.29 is 13.5 Å². The number of nitrogens with zero attached hydrogens (tertiary/aromatic N) is 1. The number of aliphatic hydroxyl groups is 1. The van der Waals surface area contributed by atoms with Gasteiger partial charge < -0.3 is 10.0 Å². The number of benzene rings is 1. The monoisotopic (exact) mass is 258 g/mol. The lowest BCUT2D eigenvalue weighted by Gasteiger charge is -2.11. The molecule has 0 radical (unpaired) electrons. The first-order valence-electron chi connectivity index (χ1n) is 5.30. The summed E-state index contributed by atoms with van der Waals surface area (Å²) in [7, 11) is 0.275. The molecule has 0 bridgehead atoms. The van der Waals surface area contributed by atoms with Crippen molar-refractivity contribution in [1.29, 1.82) is 0 Å². The summed E-state index contributed by atoms with van der Waals surface area (Å²) in [6.07, 6.45) is 0. The first kappa shape index (κ1) is 14.1. The second-order valence-electron chi connectivity index (χ2n) is 4.01. The van der Waals surface area contributed by atoms with Gasteiger partial charge in [0, 0.05) is 13.1 Å². The Balaban J connectivity index is 2.75. The molecule has 2 N–H and O–H groups in total. The molecule has 0 aromatic heterocycles. The first-order chi connectivity index (χ1) is 7.95. The average Bonchev–Trinajstić information content (AvgIpc) is 2.28. The van der Waals surface area contributed by atoms with E-state index in [4.69, 9.17) is 5.11 Å². The molecule has 0 aliphatic carbocycles. The fourth-order valence-corrected chi connectivity index (χ4v) is 2.39. The Morgan fingerprint density at radius 1 is 1.35 bits per heavy atom. The average molecular weight is 258 g/mol. The molecule has 0 aliphatic heterocycles. The number of aliphatic hydroxyl groups excluding tert-OH is 1. The molecule has 17 heavy (non-hydrogen) atoms. The van der Waals surface area contributed by atoms with Crippen LogP contribution in [0.2, 0.25) is 0 Å². The van der Waals surface area contributed by atoms with Crippen molar-refractivity contribution in [2.45, 2.75) is 11.5 Å². The summed E-state index contributed by atoms with van der Waals surface area (Å²) in [4.78, 5) is 2.08. The Morgan fingerprint density at radius 2 is 2.06 bits per heavy atom. The van der Waals surface area contributed by atoms with E-state index in [0.29, 0.717) is 18.7 Å². The van der Waals surface area contributed by atoms with Gasteiger partial charge in [0.1, 0.15) is 0 Å². The minimum absolute atomic E-state index is 0.166. The van der Waals surface area contributed by atoms with Crippen molar-refractivity contribution in [2.75, 3.05) is 27.2 Å². The second-order valence-corrected chi connectivity index (χ2v) is 5.77. The maximum atomic E-state index is 11.9. The molecule has 1 aromatic carbocycles. The van der Waals surface area contributed by atoms with Crippen LogP contribution in [0.4, 0.5) is 0 Å². The van der Waals surface area contributed by atoms with Gasteiger partial charge in [0.05, 0.1) is 11.5 Å². The van der Waals surface area contributed by atoms with Crippen LogP contribution >= 0.6 is 0 Å². The Labute approximate surface area is 102 Å². The highest BCUT2D eigenvalue weighted by molar-refractivity contribution is 7.89. The molecule has 6 heteroatoms. The van der Waals surface area contributed by atoms with Crippen molar-refractivity contribution in [3.05, 3.63) is 29.8 Å². The van der Waals surface area contributed by atoms with Gasteiger partial charge in [0.2, 0.25) is 10.0 Å². The lowest BCUT2D eigenvalue weighted by molar-refractivity contribution is 0.281. The van der Waals surface area contributed by atoms with Gasteiger partial charge in [-0.25, -0.2) is 13.1 Å². The highest BCUT2D eigenvalue weighted by Gasteiger charge is 2.13. The van der Waals surface area contributed by atoms with Crippen molar-refractivity contribution in [1.82, 2.24) is 9.62 Å². The summed E-state index contributed by atoms with van der Waals surface area (Å²) in [5, 5.41) is 8.95. The lowest BCUT2D eigenvalue weighted by atomic mass is 10.2. The van der Waals surface area contributed by atoms with Gasteiger partial charge in [-0.3, -0.25) is 0 Å². The van der Waals surface area contributed by atoms with E-state index in [1.165, 1.54) is 12.1 Å². The zero-order chi connectivity index (χ0) is 12.9. The summed E-state index contributed by atoms with van der Waals surface area (Å²) in [6.45, 7) is 0.832. The van der Waals surface area contributed by atoms with Gasteiger partial charge in [-0.1, -0.05) is 12.1 Å². The number of hydrogen-bond acceptors (Lipinski definition) is 4. The Hall–Kier alpha value is -0.950. The summed E-state index contributed by atoms with van der Waals surface area (Å²) < 4.78 is 26.2. The fraction of sp³-hybridized carbons (Fsp3) is 0.455. The van der Waals surface area contributed by atoms with Crippen LogP contribution in [0, 0.1) is 0 Å². The zero-order valence-corrected chi connectivity index (χ0v) is 10.9. The zero-order valence-electron chi connectivity index (χ0n) is 10.0. The number of likely N-dealkylation sites (N-methyl/N-ethyl adjacent to an activating group) is 1. The van der Waals surface area contributed by atoms with Crippen LogP contribution in [-0.4, -0.2) is 45.6 Å². The smallest absolute Gasteiger partial charge is 0.240 e. The van der Waals surface area contributed by atoms with E-state index in [2.05, 4.69) is 4.72 Å². The Bertz CT molecular complexity index is 458. The molecule has 0 aliphatic rings. The van der Waals surface area contributed by atoms with Gasteiger partial charge in [0.15, 0.2) is 0 Å². The Kier molecular flexibility index (Phi) is 5.07. The molecule has 0 unspecified atom stereocenters. The van der Waals surface area contributed by atoms with Gasteiger partial charge in [0.25, 0.3) is 0 Å². The largest absolute Gasteiger partial charge is 0.392 e. The van der Waals surface area contributed by atoms with Crippen molar-refractivity contribution >= 4 is 10.0 Å². The maximum absolute atomic E-state index is 11.9. The third-order valence-corrected chi connectivity index (χ3v) is 3.70. The first-order valence-corrected chi connectivity index (χ1v) is 6.78. The van der Waals surface area contributed by atoms with Crippen LogP contribution in [0.5, 0.6) is 0 Å². The van der Waals surface area contributed by atoms with Gasteiger partial charge in [-0.15, -0.1) is 0 Å². The summed E-state index contributed by atoms with van der Waals surface area (Å²) in [5.74, 6) is 0. The SMILES string of the molecule is CN(C)CCNS(=O)(=O)c1cccc(CO)c1. The molecule has 96 valence electrons. The third-order valence-electron chi connectivity index (χ3n) is 2.24. The highest BCUT2D eigenvalue weighted by Crippen LogP contribution is 2.11. The molecule has 0 fully saturated rings. The molecular formula is C11H18N2O3S. The second kappa shape index (κ2) is 6.11. The quantitative estimate of drug-likeness (QED) is 0.754. The number of nitrogens with one attached hydrogen (secondary N) is 1. The molecule has 5 nitrogen and oxygen atoms in total. The van der Waals surface area contributed by atoms with Crippen LogP contribution in [0.3, 0.4) is 0 Å². The minimum atomic E-state index is -3.48. The highest BCUT2D eigenvalue weighted by atomic mass is 32.2. The van der Waals surface area contributed by atoms with Crippen LogP contribution in [0.25, 0.3) is 0 Å². The topological polar surface area (TPSA) is 69.6 Å². The number of rotatable bonds is 6. The predicted octanol–water partition coefficient (Wildman–Crippen LogP) is 0.0188.